The highest BCUT2D eigenvalue weighted by Crippen LogP contribution is 2.44. The summed E-state index contributed by atoms with van der Waals surface area (Å²) in [5.74, 6) is -1.49. The van der Waals surface area contributed by atoms with Gasteiger partial charge in [0.2, 0.25) is 10.0 Å². The topological polar surface area (TPSA) is 102 Å². The number of rotatable bonds is 13. The standard InChI is InChI=1S/C30H36ClF3N4O6S/c1-19-13-22(5-6-27(19)44-28-24-14-21(31)15-25(35-2)23(24)16-26(28)37(3)4)45(40,41)38-9-7-20(17-38)18-43-12-11-42-10-8-36-29(39)30(32,33)34/h5-6,13-15,20,26,28H,7-12,16-18H2,1,3-4H3,(H,36,39)/t20-,26-,28-/m0/s1. The average Bonchev–Trinajstić information content (AvgIpc) is 3.60. The number of nitrogens with zero attached hydrogens (tertiary/aromatic N) is 3. The normalized spacial score (nSPS) is 20.3. The molecule has 1 amide bonds. The van der Waals surface area contributed by atoms with Crippen LogP contribution in [0, 0.1) is 19.4 Å². The van der Waals surface area contributed by atoms with Gasteiger partial charge < -0.3 is 24.4 Å². The number of alkyl halides is 3. The Labute approximate surface area is 266 Å². The SMILES string of the molecule is [C-]#[N+]c1cc(Cl)cc2c1C[C@H](N(C)C)[C@H]2Oc1ccc(S(=O)(=O)N2CC[C@H](COCCOCCNC(=O)C(F)(F)F)C2)cc1C. The highest BCUT2D eigenvalue weighted by Gasteiger charge is 2.39. The molecule has 3 atom stereocenters. The van der Waals surface area contributed by atoms with E-state index in [-0.39, 0.29) is 49.8 Å². The van der Waals surface area contributed by atoms with E-state index in [1.807, 2.05) is 25.1 Å². The molecule has 1 heterocycles. The first-order valence-corrected chi connectivity index (χ1v) is 16.2. The lowest BCUT2D eigenvalue weighted by molar-refractivity contribution is -0.173. The Bertz CT molecular complexity index is 1530. The summed E-state index contributed by atoms with van der Waals surface area (Å²) in [5.41, 5.74) is 2.93. The highest BCUT2D eigenvalue weighted by molar-refractivity contribution is 7.89. The fourth-order valence-electron chi connectivity index (χ4n) is 5.50. The van der Waals surface area contributed by atoms with Crippen LogP contribution in [0.4, 0.5) is 18.9 Å². The Morgan fingerprint density at radius 1 is 1.18 bits per heavy atom. The number of fused-ring (bicyclic) bond motifs is 1. The van der Waals surface area contributed by atoms with Gasteiger partial charge in [-0.05, 0) is 86.8 Å². The molecule has 0 radical (unpaired) electrons. The second kappa shape index (κ2) is 14.7. The van der Waals surface area contributed by atoms with Gasteiger partial charge in [-0.15, -0.1) is 0 Å². The van der Waals surface area contributed by atoms with Gasteiger partial charge in [0, 0.05) is 24.7 Å². The molecular formula is C30H36ClF3N4O6S. The summed E-state index contributed by atoms with van der Waals surface area (Å²) >= 11 is 6.32. The molecule has 0 bridgehead atoms. The van der Waals surface area contributed by atoms with Crippen molar-refractivity contribution in [1.29, 1.82) is 0 Å². The maximum Gasteiger partial charge on any atom is 0.471 e. The number of aryl methyl sites for hydroxylation is 1. The Balaban J connectivity index is 1.30. The van der Waals surface area contributed by atoms with Crippen molar-refractivity contribution >= 4 is 33.2 Å². The third kappa shape index (κ3) is 8.46. The van der Waals surface area contributed by atoms with Crippen LogP contribution in [0.1, 0.15) is 29.2 Å². The van der Waals surface area contributed by atoms with E-state index >= 15 is 0 Å². The lowest BCUT2D eigenvalue weighted by Crippen LogP contribution is -2.38. The van der Waals surface area contributed by atoms with Crippen molar-refractivity contribution in [3.05, 3.63) is 63.5 Å². The van der Waals surface area contributed by atoms with E-state index in [1.165, 1.54) is 4.31 Å². The molecule has 1 saturated heterocycles. The molecule has 0 aromatic heterocycles. The van der Waals surface area contributed by atoms with Crippen molar-refractivity contribution in [2.75, 3.05) is 60.2 Å². The second-order valence-corrected chi connectivity index (χ2v) is 13.6. The van der Waals surface area contributed by atoms with Crippen LogP contribution in [-0.2, 0) is 30.7 Å². The number of carbonyl (C=O) groups is 1. The summed E-state index contributed by atoms with van der Waals surface area (Å²) in [7, 11) is 0.134. The minimum atomic E-state index is -4.93. The number of likely N-dealkylation sites (N-methyl/N-ethyl adjacent to an activating group) is 1. The van der Waals surface area contributed by atoms with Crippen molar-refractivity contribution in [2.45, 2.75) is 43.0 Å². The summed E-state index contributed by atoms with van der Waals surface area (Å²) < 4.78 is 82.0. The van der Waals surface area contributed by atoms with E-state index in [4.69, 9.17) is 32.4 Å². The summed E-state index contributed by atoms with van der Waals surface area (Å²) in [6, 6.07) is 8.26. The molecule has 1 aliphatic carbocycles. The average molecular weight is 673 g/mol. The zero-order valence-electron chi connectivity index (χ0n) is 25.2. The smallest absolute Gasteiger partial charge is 0.471 e. The first-order valence-electron chi connectivity index (χ1n) is 14.4. The lowest BCUT2D eigenvalue weighted by Gasteiger charge is -2.28. The number of ether oxygens (including phenoxy) is 3. The third-order valence-corrected chi connectivity index (χ3v) is 9.96. The van der Waals surface area contributed by atoms with Crippen LogP contribution in [0.5, 0.6) is 5.75 Å². The fraction of sp³-hybridized carbons (Fsp3) is 0.533. The van der Waals surface area contributed by atoms with Gasteiger partial charge in [-0.1, -0.05) is 11.6 Å². The quantitative estimate of drug-likeness (QED) is 0.247. The monoisotopic (exact) mass is 672 g/mol. The fourth-order valence-corrected chi connectivity index (χ4v) is 7.33. The number of halogens is 4. The summed E-state index contributed by atoms with van der Waals surface area (Å²) in [5, 5.41) is 2.18. The summed E-state index contributed by atoms with van der Waals surface area (Å²) in [4.78, 5) is 16.6. The van der Waals surface area contributed by atoms with Crippen molar-refractivity contribution < 1.29 is 40.6 Å². The zero-order chi connectivity index (χ0) is 32.9. The first-order chi connectivity index (χ1) is 21.2. The van der Waals surface area contributed by atoms with E-state index in [1.54, 1.807) is 36.5 Å². The third-order valence-electron chi connectivity index (χ3n) is 7.88. The van der Waals surface area contributed by atoms with E-state index in [0.717, 1.165) is 11.1 Å². The van der Waals surface area contributed by atoms with Crippen molar-refractivity contribution in [3.8, 4) is 5.75 Å². The molecular weight excluding hydrogens is 637 g/mol. The molecule has 1 fully saturated rings. The number of carbonyl (C=O) groups excluding carboxylic acids is 1. The Morgan fingerprint density at radius 2 is 1.91 bits per heavy atom. The zero-order valence-corrected chi connectivity index (χ0v) is 26.8. The number of nitrogens with one attached hydrogen (secondary N) is 1. The first kappa shape index (κ1) is 34.9. The molecule has 0 saturated carbocycles. The van der Waals surface area contributed by atoms with Gasteiger partial charge in [-0.25, -0.2) is 13.3 Å². The molecule has 246 valence electrons. The van der Waals surface area contributed by atoms with Gasteiger partial charge >= 0.3 is 12.1 Å². The van der Waals surface area contributed by atoms with E-state index in [9.17, 15) is 26.4 Å². The number of hydrogen-bond acceptors (Lipinski definition) is 7. The number of sulfonamides is 1. The van der Waals surface area contributed by atoms with Gasteiger partial charge in [0.15, 0.2) is 5.69 Å². The largest absolute Gasteiger partial charge is 0.484 e. The maximum atomic E-state index is 13.5. The predicted octanol–water partition coefficient (Wildman–Crippen LogP) is 4.53. The van der Waals surface area contributed by atoms with Crippen molar-refractivity contribution in [1.82, 2.24) is 14.5 Å². The Kier molecular flexibility index (Phi) is 11.4. The maximum absolute atomic E-state index is 13.5. The van der Waals surface area contributed by atoms with E-state index < -0.39 is 28.2 Å². The molecule has 4 rings (SSSR count). The number of amides is 1. The second-order valence-electron chi connectivity index (χ2n) is 11.3. The molecule has 2 aliphatic rings. The van der Waals surface area contributed by atoms with Crippen molar-refractivity contribution in [3.63, 3.8) is 0 Å². The molecule has 0 unspecified atom stereocenters. The minimum Gasteiger partial charge on any atom is -0.484 e. The van der Waals surface area contributed by atoms with Crippen LogP contribution < -0.4 is 10.1 Å². The van der Waals surface area contributed by atoms with Crippen LogP contribution in [0.3, 0.4) is 0 Å². The summed E-state index contributed by atoms with van der Waals surface area (Å²) in [6.07, 6.45) is -4.07. The molecule has 10 nitrogen and oxygen atoms in total. The van der Waals surface area contributed by atoms with Gasteiger partial charge in [0.05, 0.1) is 43.9 Å². The van der Waals surface area contributed by atoms with Crippen LogP contribution in [0.2, 0.25) is 5.02 Å². The molecule has 15 heteroatoms. The Morgan fingerprint density at radius 3 is 2.58 bits per heavy atom. The molecule has 1 aliphatic heterocycles. The summed E-state index contributed by atoms with van der Waals surface area (Å²) in [6.45, 7) is 10.2. The number of benzene rings is 2. The van der Waals surface area contributed by atoms with Gasteiger partial charge in [0.25, 0.3) is 0 Å². The van der Waals surface area contributed by atoms with Gasteiger partial charge in [-0.3, -0.25) is 4.79 Å². The van der Waals surface area contributed by atoms with Gasteiger partial charge in [-0.2, -0.15) is 17.5 Å². The molecule has 2 aromatic rings. The van der Waals surface area contributed by atoms with Crippen LogP contribution in [0.15, 0.2) is 35.2 Å². The highest BCUT2D eigenvalue weighted by atomic mass is 35.5. The molecule has 2 aromatic carbocycles. The minimum absolute atomic E-state index is 0.0212. The molecule has 45 heavy (non-hydrogen) atoms. The van der Waals surface area contributed by atoms with Crippen molar-refractivity contribution in [2.24, 2.45) is 5.92 Å². The number of hydrogen-bond donors (Lipinski definition) is 1. The van der Waals surface area contributed by atoms with E-state index in [2.05, 4.69) is 4.85 Å². The van der Waals surface area contributed by atoms with Crippen LogP contribution in [-0.4, -0.2) is 95.9 Å². The molecule has 1 N–H and O–H groups in total. The van der Waals surface area contributed by atoms with Gasteiger partial charge in [0.1, 0.15) is 11.9 Å². The van der Waals surface area contributed by atoms with Crippen LogP contribution in [0.25, 0.3) is 4.85 Å². The Hall–Kier alpha value is -2.93. The van der Waals surface area contributed by atoms with E-state index in [0.29, 0.717) is 48.0 Å². The molecule has 0 spiro atoms. The predicted molar refractivity (Wildman–Crippen MR) is 161 cm³/mol. The van der Waals surface area contributed by atoms with Crippen LogP contribution >= 0.6 is 11.6 Å². The lowest BCUT2D eigenvalue weighted by atomic mass is 10.1.